The van der Waals surface area contributed by atoms with E-state index < -0.39 is 0 Å². The molecule has 0 spiro atoms. The minimum atomic E-state index is 0.801. The lowest BCUT2D eigenvalue weighted by Gasteiger charge is -2.07. The molecule has 0 aliphatic rings. The molecular formula is C12H19N3S. The number of imidazole rings is 1. The number of terminal acetylenes is 1. The normalized spacial score (nSPS) is 10.2. The predicted molar refractivity (Wildman–Crippen MR) is 70.4 cm³/mol. The molecule has 0 bridgehead atoms. The van der Waals surface area contributed by atoms with Crippen LogP contribution in [0.4, 0.5) is 0 Å². The van der Waals surface area contributed by atoms with Crippen molar-refractivity contribution in [3.05, 3.63) is 18.2 Å². The van der Waals surface area contributed by atoms with E-state index in [2.05, 4.69) is 27.7 Å². The number of hydrogen-bond acceptors (Lipinski definition) is 3. The summed E-state index contributed by atoms with van der Waals surface area (Å²) in [5.41, 5.74) is 1.25. The maximum atomic E-state index is 5.17. The molecule has 88 valence electrons. The average molecular weight is 237 g/mol. The van der Waals surface area contributed by atoms with E-state index in [1.165, 1.54) is 5.69 Å². The van der Waals surface area contributed by atoms with E-state index in [4.69, 9.17) is 6.42 Å². The Morgan fingerprint density at radius 3 is 3.25 bits per heavy atom. The van der Waals surface area contributed by atoms with Crippen LogP contribution in [0.25, 0.3) is 0 Å². The van der Waals surface area contributed by atoms with Gasteiger partial charge < -0.3 is 9.88 Å². The maximum Gasteiger partial charge on any atom is 0.0948 e. The lowest BCUT2D eigenvalue weighted by Crippen LogP contribution is -2.18. The summed E-state index contributed by atoms with van der Waals surface area (Å²) in [6, 6.07) is 0. The number of rotatable bonds is 8. The molecule has 3 nitrogen and oxygen atoms in total. The van der Waals surface area contributed by atoms with Crippen molar-refractivity contribution in [3.63, 3.8) is 0 Å². The fraction of sp³-hybridized carbons (Fsp3) is 0.583. The van der Waals surface area contributed by atoms with E-state index in [9.17, 15) is 0 Å². The zero-order chi connectivity index (χ0) is 11.6. The second kappa shape index (κ2) is 8.26. The largest absolute Gasteiger partial charge is 0.333 e. The number of aryl methyl sites for hydroxylation is 1. The topological polar surface area (TPSA) is 29.9 Å². The Kier molecular flexibility index (Phi) is 6.78. The summed E-state index contributed by atoms with van der Waals surface area (Å²) in [4.78, 5) is 4.16. The van der Waals surface area contributed by atoms with Crippen molar-refractivity contribution in [2.24, 2.45) is 0 Å². The second-order valence-corrected chi connectivity index (χ2v) is 4.62. The molecule has 1 N–H and O–H groups in total. The lowest BCUT2D eigenvalue weighted by molar-refractivity contribution is 0.612. The highest BCUT2D eigenvalue weighted by atomic mass is 32.2. The van der Waals surface area contributed by atoms with Gasteiger partial charge in [-0.05, 0) is 6.42 Å². The minimum Gasteiger partial charge on any atom is -0.333 e. The lowest BCUT2D eigenvalue weighted by atomic mass is 10.4. The first-order valence-corrected chi connectivity index (χ1v) is 6.75. The van der Waals surface area contributed by atoms with Crippen LogP contribution in [0.15, 0.2) is 12.5 Å². The minimum absolute atomic E-state index is 0.801. The second-order valence-electron chi connectivity index (χ2n) is 3.51. The number of nitrogens with one attached hydrogen (secondary N) is 1. The van der Waals surface area contributed by atoms with Gasteiger partial charge in [0, 0.05) is 31.6 Å². The molecule has 0 saturated carbocycles. The Labute approximate surface area is 102 Å². The first-order valence-electron chi connectivity index (χ1n) is 5.59. The van der Waals surface area contributed by atoms with Crippen molar-refractivity contribution >= 4 is 11.8 Å². The Balaban J connectivity index is 2.16. The Bertz CT molecular complexity index is 327. The van der Waals surface area contributed by atoms with Crippen molar-refractivity contribution in [3.8, 4) is 12.3 Å². The van der Waals surface area contributed by atoms with E-state index >= 15 is 0 Å². The van der Waals surface area contributed by atoms with Crippen molar-refractivity contribution in [2.75, 3.05) is 18.1 Å². The van der Waals surface area contributed by atoms with Gasteiger partial charge in [-0.2, -0.15) is 0 Å². The summed E-state index contributed by atoms with van der Waals surface area (Å²) in [6.07, 6.45) is 10.1. The van der Waals surface area contributed by atoms with E-state index in [-0.39, 0.29) is 0 Å². The average Bonchev–Trinajstić information content (AvgIpc) is 2.72. The van der Waals surface area contributed by atoms with E-state index in [1.54, 1.807) is 11.8 Å². The Morgan fingerprint density at radius 2 is 2.50 bits per heavy atom. The fourth-order valence-corrected chi connectivity index (χ4v) is 1.98. The van der Waals surface area contributed by atoms with Crippen LogP contribution >= 0.6 is 11.8 Å². The molecule has 0 atom stereocenters. The molecule has 16 heavy (non-hydrogen) atoms. The van der Waals surface area contributed by atoms with Gasteiger partial charge in [0.15, 0.2) is 0 Å². The molecule has 1 aromatic rings. The van der Waals surface area contributed by atoms with Gasteiger partial charge in [0.05, 0.1) is 17.8 Å². The number of thioether (sulfide) groups is 1. The quantitative estimate of drug-likeness (QED) is 0.552. The fourth-order valence-electron chi connectivity index (χ4n) is 1.43. The van der Waals surface area contributed by atoms with Crippen LogP contribution in [0.2, 0.25) is 0 Å². The highest BCUT2D eigenvalue weighted by Gasteiger charge is 1.99. The first kappa shape index (κ1) is 13.1. The highest BCUT2D eigenvalue weighted by Crippen LogP contribution is 2.01. The molecule has 4 heteroatoms. The van der Waals surface area contributed by atoms with Gasteiger partial charge in [0.1, 0.15) is 0 Å². The van der Waals surface area contributed by atoms with Crippen LogP contribution in [0.5, 0.6) is 0 Å². The summed E-state index contributed by atoms with van der Waals surface area (Å²) in [7, 11) is 0. The molecule has 0 aliphatic heterocycles. The van der Waals surface area contributed by atoms with Crippen LogP contribution < -0.4 is 5.32 Å². The monoisotopic (exact) mass is 237 g/mol. The number of aromatic nitrogens is 2. The van der Waals surface area contributed by atoms with Gasteiger partial charge in [0.25, 0.3) is 0 Å². The zero-order valence-electron chi connectivity index (χ0n) is 9.78. The molecular weight excluding hydrogens is 218 g/mol. The number of nitrogens with zero attached hydrogens (tertiary/aromatic N) is 2. The third-order valence-corrected chi connectivity index (χ3v) is 3.04. The van der Waals surface area contributed by atoms with E-state index in [0.717, 1.165) is 37.6 Å². The van der Waals surface area contributed by atoms with Crippen molar-refractivity contribution in [2.45, 2.75) is 26.4 Å². The van der Waals surface area contributed by atoms with Gasteiger partial charge in [0.2, 0.25) is 0 Å². The van der Waals surface area contributed by atoms with Crippen LogP contribution in [-0.2, 0) is 13.1 Å². The molecule has 0 amide bonds. The van der Waals surface area contributed by atoms with Gasteiger partial charge in [-0.25, -0.2) is 4.98 Å². The molecule has 0 aromatic carbocycles. The van der Waals surface area contributed by atoms with Gasteiger partial charge >= 0.3 is 0 Å². The van der Waals surface area contributed by atoms with Crippen LogP contribution in [0.1, 0.15) is 19.0 Å². The van der Waals surface area contributed by atoms with Crippen LogP contribution in [0, 0.1) is 12.3 Å². The SMILES string of the molecule is C#CCSCCNCc1cncn1CCC. The molecule has 0 radical (unpaired) electrons. The number of hydrogen-bond donors (Lipinski definition) is 1. The third-order valence-electron chi connectivity index (χ3n) is 2.18. The van der Waals surface area contributed by atoms with Gasteiger partial charge in [-0.3, -0.25) is 0 Å². The first-order chi connectivity index (χ1) is 7.88. The Morgan fingerprint density at radius 1 is 1.62 bits per heavy atom. The highest BCUT2D eigenvalue weighted by molar-refractivity contribution is 7.99. The molecule has 0 saturated heterocycles. The molecule has 1 heterocycles. The van der Waals surface area contributed by atoms with Gasteiger partial charge in [-0.1, -0.05) is 12.8 Å². The molecule has 1 rings (SSSR count). The standard InChI is InChI=1S/C12H19N3S/c1-3-6-15-11-14-10-12(15)9-13-5-8-16-7-4-2/h2,10-11,13H,3,5-9H2,1H3. The molecule has 0 fully saturated rings. The molecule has 1 aromatic heterocycles. The maximum absolute atomic E-state index is 5.17. The molecule has 0 unspecified atom stereocenters. The summed E-state index contributed by atoms with van der Waals surface area (Å²) >= 11 is 1.78. The summed E-state index contributed by atoms with van der Waals surface area (Å²) in [6.45, 7) is 5.09. The smallest absolute Gasteiger partial charge is 0.0948 e. The van der Waals surface area contributed by atoms with Crippen molar-refractivity contribution < 1.29 is 0 Å². The van der Waals surface area contributed by atoms with Crippen LogP contribution in [0.3, 0.4) is 0 Å². The summed E-state index contributed by atoms with van der Waals surface area (Å²) in [5, 5.41) is 3.40. The summed E-state index contributed by atoms with van der Waals surface area (Å²) < 4.78 is 2.20. The van der Waals surface area contributed by atoms with E-state index in [0.29, 0.717) is 0 Å². The van der Waals surface area contributed by atoms with Gasteiger partial charge in [-0.15, -0.1) is 18.2 Å². The predicted octanol–water partition coefficient (Wildman–Crippen LogP) is 1.75. The Hall–Kier alpha value is -0.920. The molecule has 0 aliphatic carbocycles. The summed E-state index contributed by atoms with van der Waals surface area (Å²) in [5.74, 6) is 4.48. The van der Waals surface area contributed by atoms with E-state index in [1.807, 2.05) is 12.5 Å². The van der Waals surface area contributed by atoms with Crippen molar-refractivity contribution in [1.82, 2.24) is 14.9 Å². The third kappa shape index (κ3) is 4.73. The van der Waals surface area contributed by atoms with Crippen molar-refractivity contribution in [1.29, 1.82) is 0 Å². The zero-order valence-corrected chi connectivity index (χ0v) is 10.6. The van der Waals surface area contributed by atoms with Crippen LogP contribution in [-0.4, -0.2) is 27.6 Å².